The Labute approximate surface area is 162 Å². The van der Waals surface area contributed by atoms with Crippen LogP contribution in [0.15, 0.2) is 59.4 Å². The predicted molar refractivity (Wildman–Crippen MR) is 106 cm³/mol. The topological polar surface area (TPSA) is 82.5 Å². The minimum absolute atomic E-state index is 0.133. The zero-order valence-corrected chi connectivity index (χ0v) is 15.9. The lowest BCUT2D eigenvalue weighted by molar-refractivity contribution is 0.102. The summed E-state index contributed by atoms with van der Waals surface area (Å²) in [5, 5.41) is 6.95. The van der Waals surface area contributed by atoms with Crippen LogP contribution in [0.1, 0.15) is 21.6 Å². The molecule has 0 fully saturated rings. The van der Waals surface area contributed by atoms with Gasteiger partial charge in [-0.3, -0.25) is 9.59 Å². The van der Waals surface area contributed by atoms with Crippen LogP contribution in [0.4, 0.5) is 5.69 Å². The van der Waals surface area contributed by atoms with Crippen molar-refractivity contribution in [2.24, 2.45) is 0 Å². The lowest BCUT2D eigenvalue weighted by Gasteiger charge is -2.10. The highest BCUT2D eigenvalue weighted by atomic mass is 16.5. The van der Waals surface area contributed by atoms with E-state index in [0.29, 0.717) is 17.2 Å². The van der Waals surface area contributed by atoms with Crippen LogP contribution in [0.25, 0.3) is 0 Å². The fourth-order valence-electron chi connectivity index (χ4n) is 2.62. The number of hydrogen-bond donors (Lipinski definition) is 1. The Kier molecular flexibility index (Phi) is 5.74. The molecule has 1 N–H and O–H groups in total. The second kappa shape index (κ2) is 8.39. The smallest absolute Gasteiger partial charge is 0.276 e. The fraction of sp³-hybridized carbons (Fsp3) is 0.190. The molecular weight excluding hydrogens is 358 g/mol. The van der Waals surface area contributed by atoms with Crippen molar-refractivity contribution >= 4 is 11.6 Å². The molecule has 0 bridgehead atoms. The van der Waals surface area contributed by atoms with Crippen LogP contribution in [0, 0.1) is 6.92 Å². The summed E-state index contributed by atoms with van der Waals surface area (Å²) in [5.74, 6) is 0.659. The van der Waals surface area contributed by atoms with Crippen molar-refractivity contribution in [3.8, 4) is 11.5 Å². The fourth-order valence-corrected chi connectivity index (χ4v) is 2.62. The highest BCUT2D eigenvalue weighted by Gasteiger charge is 2.12. The van der Waals surface area contributed by atoms with E-state index in [4.69, 9.17) is 9.47 Å². The standard InChI is InChI=1S/C21H21N3O4/c1-14-4-6-15(7-5-14)13-24-20(25)9-8-19(23-24)21(26)22-16-10-17(27-2)12-18(11-16)28-3/h4-12H,13H2,1-3H3,(H,22,26). The average Bonchev–Trinajstić information content (AvgIpc) is 2.70. The quantitative estimate of drug-likeness (QED) is 0.712. The summed E-state index contributed by atoms with van der Waals surface area (Å²) < 4.78 is 11.7. The molecule has 0 aliphatic rings. The molecule has 3 rings (SSSR count). The second-order valence-corrected chi connectivity index (χ2v) is 6.26. The maximum atomic E-state index is 12.6. The van der Waals surface area contributed by atoms with Gasteiger partial charge in [-0.05, 0) is 18.6 Å². The predicted octanol–water partition coefficient (Wildman–Crippen LogP) is 2.87. The number of hydrogen-bond acceptors (Lipinski definition) is 5. The molecule has 0 atom stereocenters. The Balaban J connectivity index is 1.82. The van der Waals surface area contributed by atoms with E-state index in [9.17, 15) is 9.59 Å². The van der Waals surface area contributed by atoms with E-state index in [0.717, 1.165) is 11.1 Å². The molecule has 7 nitrogen and oxygen atoms in total. The molecule has 0 saturated heterocycles. The highest BCUT2D eigenvalue weighted by Crippen LogP contribution is 2.25. The first-order valence-corrected chi connectivity index (χ1v) is 8.66. The Morgan fingerprint density at radius 1 is 1.00 bits per heavy atom. The van der Waals surface area contributed by atoms with E-state index in [2.05, 4.69) is 10.4 Å². The van der Waals surface area contributed by atoms with Gasteiger partial charge in [-0.15, -0.1) is 0 Å². The number of aryl methyl sites for hydroxylation is 1. The zero-order chi connectivity index (χ0) is 20.1. The molecule has 0 aliphatic heterocycles. The normalized spacial score (nSPS) is 10.4. The van der Waals surface area contributed by atoms with Crippen molar-refractivity contribution in [3.05, 3.63) is 81.8 Å². The molecule has 144 valence electrons. The van der Waals surface area contributed by atoms with Gasteiger partial charge in [0.2, 0.25) is 0 Å². The van der Waals surface area contributed by atoms with Crippen LogP contribution in [0.3, 0.4) is 0 Å². The molecule has 7 heteroatoms. The largest absolute Gasteiger partial charge is 0.497 e. The molecule has 0 saturated carbocycles. The first-order valence-electron chi connectivity index (χ1n) is 8.66. The van der Waals surface area contributed by atoms with E-state index < -0.39 is 5.91 Å². The number of carbonyl (C=O) groups is 1. The maximum Gasteiger partial charge on any atom is 0.276 e. The van der Waals surface area contributed by atoms with Gasteiger partial charge in [0.1, 0.15) is 17.2 Å². The van der Waals surface area contributed by atoms with Crippen LogP contribution in [0.5, 0.6) is 11.5 Å². The summed E-state index contributed by atoms with van der Waals surface area (Å²) in [7, 11) is 3.06. The number of nitrogens with zero attached hydrogens (tertiary/aromatic N) is 2. The molecule has 0 aliphatic carbocycles. The molecule has 0 spiro atoms. The van der Waals surface area contributed by atoms with Gasteiger partial charge >= 0.3 is 0 Å². The van der Waals surface area contributed by atoms with E-state index >= 15 is 0 Å². The van der Waals surface area contributed by atoms with Crippen molar-refractivity contribution < 1.29 is 14.3 Å². The van der Waals surface area contributed by atoms with E-state index in [1.54, 1.807) is 18.2 Å². The maximum absolute atomic E-state index is 12.6. The summed E-state index contributed by atoms with van der Waals surface area (Å²) in [4.78, 5) is 24.7. The number of carbonyl (C=O) groups excluding carboxylic acids is 1. The van der Waals surface area contributed by atoms with Crippen molar-refractivity contribution in [1.29, 1.82) is 0 Å². The minimum atomic E-state index is -0.437. The van der Waals surface area contributed by atoms with E-state index in [-0.39, 0.29) is 17.8 Å². The average molecular weight is 379 g/mol. The first-order chi connectivity index (χ1) is 13.5. The molecule has 2 aromatic carbocycles. The van der Waals surface area contributed by atoms with Gasteiger partial charge in [-0.2, -0.15) is 5.10 Å². The Bertz CT molecular complexity index is 1020. The molecule has 1 amide bonds. The van der Waals surface area contributed by atoms with Gasteiger partial charge in [0.05, 0.1) is 20.8 Å². The van der Waals surface area contributed by atoms with Crippen LogP contribution < -0.4 is 20.3 Å². The number of amides is 1. The molecule has 28 heavy (non-hydrogen) atoms. The highest BCUT2D eigenvalue weighted by molar-refractivity contribution is 6.02. The lowest BCUT2D eigenvalue weighted by Crippen LogP contribution is -2.26. The third-order valence-corrected chi connectivity index (χ3v) is 4.16. The van der Waals surface area contributed by atoms with Crippen molar-refractivity contribution in [2.75, 3.05) is 19.5 Å². The number of nitrogens with one attached hydrogen (secondary N) is 1. The van der Waals surface area contributed by atoms with Gasteiger partial charge < -0.3 is 14.8 Å². The van der Waals surface area contributed by atoms with Crippen molar-refractivity contribution in [1.82, 2.24) is 9.78 Å². The Morgan fingerprint density at radius 3 is 2.25 bits per heavy atom. The van der Waals surface area contributed by atoms with E-state index in [1.165, 1.54) is 31.0 Å². The SMILES string of the molecule is COc1cc(NC(=O)c2ccc(=O)n(Cc3ccc(C)cc3)n2)cc(OC)c1. The second-order valence-electron chi connectivity index (χ2n) is 6.26. The zero-order valence-electron chi connectivity index (χ0n) is 15.9. The lowest BCUT2D eigenvalue weighted by atomic mass is 10.1. The van der Waals surface area contributed by atoms with Crippen molar-refractivity contribution in [3.63, 3.8) is 0 Å². The van der Waals surface area contributed by atoms with E-state index in [1.807, 2.05) is 31.2 Å². The number of ether oxygens (including phenoxy) is 2. The molecule has 1 heterocycles. The number of aromatic nitrogens is 2. The molecule has 0 radical (unpaired) electrons. The summed E-state index contributed by atoms with van der Waals surface area (Å²) in [6.07, 6.45) is 0. The monoisotopic (exact) mass is 379 g/mol. The number of rotatable bonds is 6. The van der Waals surface area contributed by atoms with Gasteiger partial charge in [0.15, 0.2) is 0 Å². The van der Waals surface area contributed by atoms with Crippen LogP contribution in [-0.2, 0) is 6.54 Å². The van der Waals surface area contributed by atoms with Gasteiger partial charge in [-0.1, -0.05) is 29.8 Å². The molecule has 1 aromatic heterocycles. The first kappa shape index (κ1) is 19.2. The summed E-state index contributed by atoms with van der Waals surface area (Å²) in [6.45, 7) is 2.28. The van der Waals surface area contributed by atoms with Crippen LogP contribution >= 0.6 is 0 Å². The number of benzene rings is 2. The molecule has 0 unspecified atom stereocenters. The van der Waals surface area contributed by atoms with Gasteiger partial charge in [-0.25, -0.2) is 4.68 Å². The Morgan fingerprint density at radius 2 is 1.64 bits per heavy atom. The Hall–Kier alpha value is -3.61. The summed E-state index contributed by atoms with van der Waals surface area (Å²) >= 11 is 0. The third kappa shape index (κ3) is 4.56. The van der Waals surface area contributed by atoms with Crippen molar-refractivity contribution in [2.45, 2.75) is 13.5 Å². The minimum Gasteiger partial charge on any atom is -0.497 e. The number of methoxy groups -OCH3 is 2. The van der Waals surface area contributed by atoms with Gasteiger partial charge in [0, 0.05) is 30.0 Å². The molecular formula is C21H21N3O4. The van der Waals surface area contributed by atoms with Crippen LogP contribution in [-0.4, -0.2) is 29.9 Å². The summed E-state index contributed by atoms with van der Waals surface area (Å²) in [6, 6.07) is 15.6. The molecule has 3 aromatic rings. The number of anilines is 1. The third-order valence-electron chi connectivity index (χ3n) is 4.16. The summed E-state index contributed by atoms with van der Waals surface area (Å²) in [5.41, 5.74) is 2.41. The van der Waals surface area contributed by atoms with Gasteiger partial charge in [0.25, 0.3) is 11.5 Å². The van der Waals surface area contributed by atoms with Crippen LogP contribution in [0.2, 0.25) is 0 Å².